The Kier molecular flexibility index (Phi) is 8.63. The number of ketones is 1. The Bertz CT molecular complexity index is 1050. The molecule has 234 valence electrons. The Morgan fingerprint density at radius 3 is 2.79 bits per heavy atom. The number of primary amides is 1. The van der Waals surface area contributed by atoms with Crippen LogP contribution >= 0.6 is 11.8 Å². The van der Waals surface area contributed by atoms with Crippen molar-refractivity contribution >= 4 is 23.5 Å². The summed E-state index contributed by atoms with van der Waals surface area (Å²) in [6, 6.07) is 0.275. The molecule has 6 aliphatic heterocycles. The second kappa shape index (κ2) is 12.4. The van der Waals surface area contributed by atoms with Crippen molar-refractivity contribution in [1.82, 2.24) is 41.9 Å². The van der Waals surface area contributed by atoms with E-state index in [2.05, 4.69) is 36.9 Å². The minimum absolute atomic E-state index is 0.000414. The third-order valence-corrected chi connectivity index (χ3v) is 11.0. The van der Waals surface area contributed by atoms with E-state index in [1.165, 1.54) is 0 Å². The van der Waals surface area contributed by atoms with Gasteiger partial charge in [0, 0.05) is 43.7 Å². The molecule has 15 nitrogen and oxygen atoms in total. The number of ether oxygens (including phenoxy) is 3. The molecule has 1 saturated carbocycles. The van der Waals surface area contributed by atoms with Gasteiger partial charge in [0.1, 0.15) is 12.4 Å². The van der Waals surface area contributed by atoms with Crippen LogP contribution in [-0.4, -0.2) is 121 Å². The molecule has 0 radical (unpaired) electrons. The highest BCUT2D eigenvalue weighted by molar-refractivity contribution is 8.00. The number of hydrogen-bond acceptors (Lipinski definition) is 15. The van der Waals surface area contributed by atoms with Crippen LogP contribution in [0.2, 0.25) is 0 Å². The monoisotopic (exact) mass is 608 g/mol. The van der Waals surface area contributed by atoms with E-state index in [1.54, 1.807) is 17.8 Å². The summed E-state index contributed by atoms with van der Waals surface area (Å²) >= 11 is 1.74. The Morgan fingerprint density at radius 2 is 1.98 bits per heavy atom. The third-order valence-electron chi connectivity index (χ3n) is 9.59. The lowest BCUT2D eigenvalue weighted by molar-refractivity contribution is -0.133. The SMILES string of the molecule is NC(=O)C1C(NC2CNC(C3COC4C(=O)C=C(N5CCOCC5)OC43)S2)NC(N[C@H]2CCCC[C@H]2N)N2NCNC12. The van der Waals surface area contributed by atoms with Gasteiger partial charge in [0.2, 0.25) is 5.91 Å². The van der Waals surface area contributed by atoms with E-state index in [0.29, 0.717) is 52.0 Å². The number of nitrogens with one attached hydrogen (secondary N) is 6. The third kappa shape index (κ3) is 5.67. The van der Waals surface area contributed by atoms with Crippen LogP contribution in [0.3, 0.4) is 0 Å². The molecular weight excluding hydrogens is 564 g/mol. The van der Waals surface area contributed by atoms with E-state index in [-0.39, 0.29) is 65.2 Å². The molecule has 6 fully saturated rings. The lowest BCUT2D eigenvalue weighted by Crippen LogP contribution is -2.77. The minimum Gasteiger partial charge on any atom is -0.472 e. The van der Waals surface area contributed by atoms with Gasteiger partial charge in [0.05, 0.1) is 55.5 Å². The fraction of sp³-hybridized carbons (Fsp3) is 0.846. The molecule has 0 aromatic carbocycles. The summed E-state index contributed by atoms with van der Waals surface area (Å²) < 4.78 is 17.8. The molecular formula is C26H44N10O5S. The number of hydrogen-bond donors (Lipinski definition) is 8. The molecule has 42 heavy (non-hydrogen) atoms. The average Bonchev–Trinajstić information content (AvgIpc) is 3.75. The maximum Gasteiger partial charge on any atom is 0.226 e. The molecule has 1 amide bonds. The molecule has 6 heterocycles. The van der Waals surface area contributed by atoms with Gasteiger partial charge in [-0.2, -0.15) is 5.01 Å². The van der Waals surface area contributed by atoms with Crippen LogP contribution in [0.25, 0.3) is 0 Å². The number of hydrazine groups is 1. The number of carbonyl (C=O) groups excluding carboxylic acids is 2. The molecule has 1 aliphatic carbocycles. The number of morpholine rings is 1. The van der Waals surface area contributed by atoms with E-state index in [9.17, 15) is 9.59 Å². The number of amides is 1. The van der Waals surface area contributed by atoms with E-state index in [1.807, 2.05) is 5.01 Å². The number of nitrogens with zero attached hydrogens (tertiary/aromatic N) is 2. The molecule has 9 unspecified atom stereocenters. The fourth-order valence-corrected chi connectivity index (χ4v) is 8.75. The molecule has 0 bridgehead atoms. The van der Waals surface area contributed by atoms with E-state index < -0.39 is 12.0 Å². The first-order valence-electron chi connectivity index (χ1n) is 15.3. The molecule has 16 heteroatoms. The lowest BCUT2D eigenvalue weighted by Gasteiger charge is -2.48. The Labute approximate surface area is 249 Å². The highest BCUT2D eigenvalue weighted by Crippen LogP contribution is 2.39. The molecule has 0 aromatic heterocycles. The number of thioether (sulfide) groups is 1. The predicted molar refractivity (Wildman–Crippen MR) is 153 cm³/mol. The smallest absolute Gasteiger partial charge is 0.226 e. The number of carbonyl (C=O) groups is 2. The molecule has 7 aliphatic rings. The van der Waals surface area contributed by atoms with Gasteiger partial charge < -0.3 is 35.9 Å². The Morgan fingerprint density at radius 1 is 1.14 bits per heavy atom. The van der Waals surface area contributed by atoms with Gasteiger partial charge >= 0.3 is 0 Å². The minimum atomic E-state index is -0.585. The second-order valence-corrected chi connectivity index (χ2v) is 13.5. The van der Waals surface area contributed by atoms with E-state index in [4.69, 9.17) is 25.7 Å². The quantitative estimate of drug-likeness (QED) is 0.142. The van der Waals surface area contributed by atoms with Crippen molar-refractivity contribution in [1.29, 1.82) is 0 Å². The van der Waals surface area contributed by atoms with Crippen molar-refractivity contribution in [2.24, 2.45) is 23.3 Å². The van der Waals surface area contributed by atoms with Crippen LogP contribution in [0.4, 0.5) is 0 Å². The number of fused-ring (bicyclic) bond motifs is 2. The highest BCUT2D eigenvalue weighted by atomic mass is 32.2. The Hall–Kier alpha value is -1.57. The number of rotatable bonds is 7. The van der Waals surface area contributed by atoms with Crippen LogP contribution in [-0.2, 0) is 23.8 Å². The van der Waals surface area contributed by atoms with Gasteiger partial charge in [-0.25, -0.2) is 5.43 Å². The molecule has 0 spiro atoms. The van der Waals surface area contributed by atoms with Crippen LogP contribution in [0, 0.1) is 11.8 Å². The first-order valence-corrected chi connectivity index (χ1v) is 16.2. The molecule has 0 aromatic rings. The highest BCUT2D eigenvalue weighted by Gasteiger charge is 2.52. The zero-order valence-electron chi connectivity index (χ0n) is 23.7. The van der Waals surface area contributed by atoms with Crippen molar-refractivity contribution in [3.63, 3.8) is 0 Å². The Balaban J connectivity index is 1.01. The average molecular weight is 609 g/mol. The summed E-state index contributed by atoms with van der Waals surface area (Å²) in [4.78, 5) is 27.8. The van der Waals surface area contributed by atoms with Gasteiger partial charge in [0.25, 0.3) is 0 Å². The second-order valence-electron chi connectivity index (χ2n) is 12.2. The summed E-state index contributed by atoms with van der Waals surface area (Å²) in [6.45, 7) is 4.30. The lowest BCUT2D eigenvalue weighted by atomic mass is 9.91. The van der Waals surface area contributed by atoms with Crippen molar-refractivity contribution in [3.8, 4) is 0 Å². The molecule has 11 atom stereocenters. The van der Waals surface area contributed by atoms with Gasteiger partial charge in [-0.05, 0) is 12.8 Å². The normalized spacial score (nSPS) is 44.4. The predicted octanol–water partition coefficient (Wildman–Crippen LogP) is -3.41. The van der Waals surface area contributed by atoms with Gasteiger partial charge in [-0.1, -0.05) is 12.8 Å². The molecule has 5 saturated heterocycles. The summed E-state index contributed by atoms with van der Waals surface area (Å²) in [7, 11) is 0. The fourth-order valence-electron chi connectivity index (χ4n) is 7.35. The zero-order chi connectivity index (χ0) is 28.8. The first-order chi connectivity index (χ1) is 20.5. The summed E-state index contributed by atoms with van der Waals surface area (Å²) in [5.41, 5.74) is 15.8. The first kappa shape index (κ1) is 29.2. The van der Waals surface area contributed by atoms with Gasteiger partial charge in [-0.15, -0.1) is 11.8 Å². The number of nitrogens with two attached hydrogens (primary N) is 2. The van der Waals surface area contributed by atoms with Crippen LogP contribution in [0.5, 0.6) is 0 Å². The van der Waals surface area contributed by atoms with Crippen molar-refractivity contribution in [3.05, 3.63) is 12.0 Å². The summed E-state index contributed by atoms with van der Waals surface area (Å²) in [6.07, 6.45) is 4.08. The van der Waals surface area contributed by atoms with Crippen molar-refractivity contribution in [2.75, 3.05) is 46.1 Å². The maximum atomic E-state index is 12.9. The van der Waals surface area contributed by atoms with E-state index in [0.717, 1.165) is 25.7 Å². The topological polar surface area (TPSA) is 193 Å². The van der Waals surface area contributed by atoms with E-state index >= 15 is 0 Å². The van der Waals surface area contributed by atoms with Crippen LogP contribution in [0.1, 0.15) is 25.7 Å². The van der Waals surface area contributed by atoms with Gasteiger partial charge in [0.15, 0.2) is 17.8 Å². The standard InChI is InChI=1S/C26H44N10O5S/c27-14-3-1-2-4-15(14)32-26-34-23(19(22(28)38)24-30-12-31-36(24)26)33-17-10-29-25(42-17)13-11-40-21-16(37)9-18(41-20(13)21)35-5-7-39-8-6-35/h9,13-15,17,19-21,23-26,29-34H,1-8,10-12,27H2,(H2,28,38)/t13?,14-,15+,17?,19?,20?,21?,23?,24?,25?,26?/m1/s1. The summed E-state index contributed by atoms with van der Waals surface area (Å²) in [5.74, 6) is -0.327. The largest absolute Gasteiger partial charge is 0.472 e. The van der Waals surface area contributed by atoms with Crippen molar-refractivity contribution in [2.45, 2.75) is 79.3 Å². The van der Waals surface area contributed by atoms with Crippen LogP contribution < -0.4 is 43.5 Å². The van der Waals surface area contributed by atoms with Gasteiger partial charge in [-0.3, -0.25) is 30.9 Å². The summed E-state index contributed by atoms with van der Waals surface area (Å²) in [5, 5.41) is 20.0. The molecule has 7 rings (SSSR count). The van der Waals surface area contributed by atoms with Crippen molar-refractivity contribution < 1.29 is 23.8 Å². The zero-order valence-corrected chi connectivity index (χ0v) is 24.5. The maximum absolute atomic E-state index is 12.9. The van der Waals surface area contributed by atoms with Crippen LogP contribution in [0.15, 0.2) is 12.0 Å². The molecule has 10 N–H and O–H groups in total.